The maximum atomic E-state index is 13.3. The van der Waals surface area contributed by atoms with E-state index in [0.717, 1.165) is 0 Å². The van der Waals surface area contributed by atoms with Gasteiger partial charge in [-0.15, -0.1) is 0 Å². The zero-order chi connectivity index (χ0) is 21.3. The SMILES string of the molecule is CCOc1ccc(NC(=O)[C@@H]2CC(=O)Nc3c(C)c(-c4ccc(F)cc4)nn32)cc1. The highest BCUT2D eigenvalue weighted by molar-refractivity contribution is 6.02. The number of benzene rings is 2. The highest BCUT2D eigenvalue weighted by Gasteiger charge is 2.34. The Bertz CT molecular complexity index is 1090. The molecule has 2 amide bonds. The number of nitrogens with one attached hydrogen (secondary N) is 2. The van der Waals surface area contributed by atoms with Crippen LogP contribution in [0.3, 0.4) is 0 Å². The van der Waals surface area contributed by atoms with Crippen LogP contribution in [-0.4, -0.2) is 28.2 Å². The molecule has 1 aliphatic heterocycles. The summed E-state index contributed by atoms with van der Waals surface area (Å²) in [7, 11) is 0. The number of carbonyl (C=O) groups is 2. The summed E-state index contributed by atoms with van der Waals surface area (Å²) >= 11 is 0. The second-order valence-electron chi connectivity index (χ2n) is 6.99. The Hall–Kier alpha value is -3.68. The van der Waals surface area contributed by atoms with Crippen molar-refractivity contribution in [2.45, 2.75) is 26.3 Å². The molecular formula is C22H21FN4O3. The Labute approximate surface area is 172 Å². The normalized spacial score (nSPS) is 15.3. The first-order valence-corrected chi connectivity index (χ1v) is 9.65. The Morgan fingerprint density at radius 3 is 2.60 bits per heavy atom. The fraction of sp³-hybridized carbons (Fsp3) is 0.227. The maximum absolute atomic E-state index is 13.3. The minimum absolute atomic E-state index is 0.0279. The Morgan fingerprint density at radius 2 is 1.93 bits per heavy atom. The summed E-state index contributed by atoms with van der Waals surface area (Å²) in [5.41, 5.74) is 2.61. The first-order chi connectivity index (χ1) is 14.5. The molecule has 154 valence electrons. The van der Waals surface area contributed by atoms with Crippen LogP contribution in [0.15, 0.2) is 48.5 Å². The number of aromatic nitrogens is 2. The van der Waals surface area contributed by atoms with Crippen LogP contribution < -0.4 is 15.4 Å². The molecule has 2 N–H and O–H groups in total. The van der Waals surface area contributed by atoms with Crippen molar-refractivity contribution in [3.8, 4) is 17.0 Å². The van der Waals surface area contributed by atoms with Crippen molar-refractivity contribution in [3.05, 3.63) is 59.9 Å². The van der Waals surface area contributed by atoms with Crippen molar-refractivity contribution >= 4 is 23.3 Å². The summed E-state index contributed by atoms with van der Waals surface area (Å²) in [5, 5.41) is 10.2. The quantitative estimate of drug-likeness (QED) is 0.670. The number of rotatable bonds is 5. The molecule has 8 heteroatoms. The van der Waals surface area contributed by atoms with Crippen LogP contribution in [-0.2, 0) is 9.59 Å². The van der Waals surface area contributed by atoms with E-state index in [1.165, 1.54) is 16.8 Å². The summed E-state index contributed by atoms with van der Waals surface area (Å²) in [6.45, 7) is 4.26. The maximum Gasteiger partial charge on any atom is 0.249 e. The lowest BCUT2D eigenvalue weighted by molar-refractivity contribution is -0.125. The summed E-state index contributed by atoms with van der Waals surface area (Å²) in [4.78, 5) is 25.2. The van der Waals surface area contributed by atoms with Crippen LogP contribution in [0.5, 0.6) is 5.75 Å². The van der Waals surface area contributed by atoms with E-state index in [1.807, 2.05) is 13.8 Å². The highest BCUT2D eigenvalue weighted by atomic mass is 19.1. The van der Waals surface area contributed by atoms with E-state index in [1.54, 1.807) is 36.4 Å². The third-order valence-corrected chi connectivity index (χ3v) is 4.93. The van der Waals surface area contributed by atoms with E-state index in [-0.39, 0.29) is 24.1 Å². The van der Waals surface area contributed by atoms with Crippen LogP contribution in [0.4, 0.5) is 15.9 Å². The lowest BCUT2D eigenvalue weighted by atomic mass is 10.1. The largest absolute Gasteiger partial charge is 0.494 e. The van der Waals surface area contributed by atoms with Crippen LogP contribution in [0.25, 0.3) is 11.3 Å². The molecular weight excluding hydrogens is 387 g/mol. The molecule has 2 heterocycles. The minimum atomic E-state index is -0.798. The predicted octanol–water partition coefficient (Wildman–Crippen LogP) is 3.92. The lowest BCUT2D eigenvalue weighted by Crippen LogP contribution is -2.35. The van der Waals surface area contributed by atoms with Gasteiger partial charge in [0.1, 0.15) is 23.4 Å². The molecule has 0 spiro atoms. The number of ether oxygens (including phenoxy) is 1. The number of carbonyl (C=O) groups excluding carboxylic acids is 2. The molecule has 0 bridgehead atoms. The van der Waals surface area contributed by atoms with Gasteiger partial charge in [0.25, 0.3) is 0 Å². The molecule has 0 saturated heterocycles. The van der Waals surface area contributed by atoms with Gasteiger partial charge < -0.3 is 15.4 Å². The van der Waals surface area contributed by atoms with Crippen molar-refractivity contribution in [2.24, 2.45) is 0 Å². The van der Waals surface area contributed by atoms with Crippen molar-refractivity contribution in [1.29, 1.82) is 0 Å². The second-order valence-corrected chi connectivity index (χ2v) is 6.99. The van der Waals surface area contributed by atoms with Gasteiger partial charge in [-0.25, -0.2) is 9.07 Å². The smallest absolute Gasteiger partial charge is 0.249 e. The van der Waals surface area contributed by atoms with Crippen molar-refractivity contribution in [1.82, 2.24) is 9.78 Å². The van der Waals surface area contributed by atoms with Crippen LogP contribution in [0.2, 0.25) is 0 Å². The Balaban J connectivity index is 1.62. The van der Waals surface area contributed by atoms with Gasteiger partial charge in [0.2, 0.25) is 11.8 Å². The summed E-state index contributed by atoms with van der Waals surface area (Å²) in [5.74, 6) is 0.228. The van der Waals surface area contributed by atoms with Gasteiger partial charge >= 0.3 is 0 Å². The van der Waals surface area contributed by atoms with E-state index < -0.39 is 6.04 Å². The van der Waals surface area contributed by atoms with E-state index in [4.69, 9.17) is 4.74 Å². The Kier molecular flexibility index (Phi) is 5.22. The fourth-order valence-electron chi connectivity index (χ4n) is 3.45. The second kappa shape index (κ2) is 7.98. The lowest BCUT2D eigenvalue weighted by Gasteiger charge is -2.24. The fourth-order valence-corrected chi connectivity index (χ4v) is 3.45. The number of anilines is 2. The number of hydrogen-bond donors (Lipinski definition) is 2. The van der Waals surface area contributed by atoms with Gasteiger partial charge in [-0.05, 0) is 62.4 Å². The summed E-state index contributed by atoms with van der Waals surface area (Å²) in [6, 6.07) is 12.2. The minimum Gasteiger partial charge on any atom is -0.494 e. The number of amides is 2. The molecule has 0 saturated carbocycles. The van der Waals surface area contributed by atoms with Gasteiger partial charge in [0.05, 0.1) is 18.7 Å². The molecule has 3 aromatic rings. The van der Waals surface area contributed by atoms with Crippen LogP contribution >= 0.6 is 0 Å². The number of hydrogen-bond acceptors (Lipinski definition) is 4. The average molecular weight is 408 g/mol. The molecule has 2 aromatic carbocycles. The van der Waals surface area contributed by atoms with Crippen LogP contribution in [0.1, 0.15) is 24.9 Å². The number of halogens is 1. The first kappa shape index (κ1) is 19.6. The van der Waals surface area contributed by atoms with E-state index >= 15 is 0 Å². The van der Waals surface area contributed by atoms with Crippen LogP contribution in [0, 0.1) is 12.7 Å². The van der Waals surface area contributed by atoms with Crippen molar-refractivity contribution in [3.63, 3.8) is 0 Å². The van der Waals surface area contributed by atoms with Gasteiger partial charge in [-0.2, -0.15) is 5.10 Å². The molecule has 1 atom stereocenters. The van der Waals surface area contributed by atoms with Gasteiger partial charge in [0.15, 0.2) is 0 Å². The van der Waals surface area contributed by atoms with Gasteiger partial charge in [0, 0.05) is 16.8 Å². The summed E-state index contributed by atoms with van der Waals surface area (Å²) in [6.07, 6.45) is -0.0279. The van der Waals surface area contributed by atoms with Gasteiger partial charge in [-0.1, -0.05) is 0 Å². The topological polar surface area (TPSA) is 85.2 Å². The van der Waals surface area contributed by atoms with Gasteiger partial charge in [-0.3, -0.25) is 9.59 Å². The molecule has 4 rings (SSSR count). The third-order valence-electron chi connectivity index (χ3n) is 4.93. The van der Waals surface area contributed by atoms with E-state index in [0.29, 0.717) is 40.7 Å². The summed E-state index contributed by atoms with van der Waals surface area (Å²) < 4.78 is 20.2. The standard InChI is InChI=1S/C22H21FN4O3/c1-3-30-17-10-8-16(9-11-17)24-22(29)18-12-19(28)25-21-13(2)20(26-27(18)21)14-4-6-15(23)7-5-14/h4-11,18H,3,12H2,1-2H3,(H,24,29)(H,25,28)/t18-/m0/s1. The monoisotopic (exact) mass is 408 g/mol. The zero-order valence-electron chi connectivity index (χ0n) is 16.6. The molecule has 0 fully saturated rings. The van der Waals surface area contributed by atoms with Crippen molar-refractivity contribution < 1.29 is 18.7 Å². The molecule has 0 aliphatic carbocycles. The highest BCUT2D eigenvalue weighted by Crippen LogP contribution is 2.34. The molecule has 0 radical (unpaired) electrons. The number of nitrogens with zero attached hydrogens (tertiary/aromatic N) is 2. The first-order valence-electron chi connectivity index (χ1n) is 9.65. The van der Waals surface area contributed by atoms with E-state index in [9.17, 15) is 14.0 Å². The Morgan fingerprint density at radius 1 is 1.23 bits per heavy atom. The van der Waals surface area contributed by atoms with E-state index in [2.05, 4.69) is 15.7 Å². The number of fused-ring (bicyclic) bond motifs is 1. The average Bonchev–Trinajstić information content (AvgIpc) is 3.06. The molecule has 1 aromatic heterocycles. The predicted molar refractivity (Wildman–Crippen MR) is 111 cm³/mol. The third kappa shape index (κ3) is 3.76. The molecule has 0 unspecified atom stereocenters. The molecule has 7 nitrogen and oxygen atoms in total. The van der Waals surface area contributed by atoms with Crippen molar-refractivity contribution in [2.75, 3.05) is 17.2 Å². The molecule has 1 aliphatic rings. The zero-order valence-corrected chi connectivity index (χ0v) is 16.6. The molecule has 30 heavy (non-hydrogen) atoms.